The van der Waals surface area contributed by atoms with Crippen LogP contribution in [0.15, 0.2) is 83.8 Å². The molecule has 0 aliphatic heterocycles. The Hall–Kier alpha value is -3.43. The van der Waals surface area contributed by atoms with Crippen molar-refractivity contribution in [1.29, 1.82) is 0 Å². The second-order valence-corrected chi connectivity index (χ2v) is 11.8. The Bertz CT molecular complexity index is 1350. The topological polar surface area (TPSA) is 86.8 Å². The molecule has 1 atom stereocenters. The molecule has 0 aliphatic rings. The van der Waals surface area contributed by atoms with Crippen LogP contribution in [0.25, 0.3) is 0 Å². The van der Waals surface area contributed by atoms with Gasteiger partial charge < -0.3 is 10.2 Å². The molecule has 0 saturated carbocycles. The highest BCUT2D eigenvalue weighted by atomic mass is 35.5. The van der Waals surface area contributed by atoms with Crippen LogP contribution in [-0.4, -0.2) is 44.3 Å². The Balaban J connectivity index is 2.01. The molecule has 0 fully saturated rings. The van der Waals surface area contributed by atoms with E-state index in [1.54, 1.807) is 61.5 Å². The van der Waals surface area contributed by atoms with Crippen LogP contribution in [0.5, 0.6) is 0 Å². The third-order valence-electron chi connectivity index (χ3n) is 6.06. The van der Waals surface area contributed by atoms with Crippen molar-refractivity contribution in [3.05, 3.63) is 95.3 Å². The van der Waals surface area contributed by atoms with Gasteiger partial charge in [-0.15, -0.1) is 0 Å². The van der Waals surface area contributed by atoms with Crippen molar-refractivity contribution in [1.82, 2.24) is 10.2 Å². The molecule has 39 heavy (non-hydrogen) atoms. The van der Waals surface area contributed by atoms with Crippen molar-refractivity contribution in [2.75, 3.05) is 17.4 Å². The molecule has 7 nitrogen and oxygen atoms in total. The van der Waals surface area contributed by atoms with E-state index in [1.807, 2.05) is 13.8 Å². The summed E-state index contributed by atoms with van der Waals surface area (Å²) in [5, 5.41) is 3.42. The van der Waals surface area contributed by atoms with Gasteiger partial charge in [0, 0.05) is 18.1 Å². The molecule has 3 rings (SSSR count). The lowest BCUT2D eigenvalue weighted by molar-refractivity contribution is -0.140. The van der Waals surface area contributed by atoms with Gasteiger partial charge in [-0.25, -0.2) is 12.8 Å². The maximum atomic E-state index is 13.9. The molecular formula is C29H33ClFN3O4S. The fourth-order valence-corrected chi connectivity index (χ4v) is 5.53. The maximum absolute atomic E-state index is 13.9. The van der Waals surface area contributed by atoms with Crippen molar-refractivity contribution >= 4 is 39.1 Å². The minimum Gasteiger partial charge on any atom is -0.354 e. The van der Waals surface area contributed by atoms with Gasteiger partial charge in [-0.1, -0.05) is 62.7 Å². The molecule has 0 radical (unpaired) electrons. The van der Waals surface area contributed by atoms with Gasteiger partial charge in [-0.3, -0.25) is 13.9 Å². The smallest absolute Gasteiger partial charge is 0.264 e. The summed E-state index contributed by atoms with van der Waals surface area (Å²) < 4.78 is 41.9. The van der Waals surface area contributed by atoms with Gasteiger partial charge in [0.1, 0.15) is 18.4 Å². The van der Waals surface area contributed by atoms with Gasteiger partial charge >= 0.3 is 0 Å². The Morgan fingerprint density at radius 2 is 1.56 bits per heavy atom. The minimum absolute atomic E-state index is 0.0723. The molecule has 0 bridgehead atoms. The summed E-state index contributed by atoms with van der Waals surface area (Å²) in [5.41, 5.74) is 0.995. The number of sulfonamides is 1. The average Bonchev–Trinajstić information content (AvgIpc) is 2.92. The average molecular weight is 574 g/mol. The second-order valence-electron chi connectivity index (χ2n) is 9.51. The number of hydrogen-bond acceptors (Lipinski definition) is 4. The summed E-state index contributed by atoms with van der Waals surface area (Å²) in [6.45, 7) is 5.68. The zero-order valence-corrected chi connectivity index (χ0v) is 23.8. The first-order valence-electron chi connectivity index (χ1n) is 12.7. The summed E-state index contributed by atoms with van der Waals surface area (Å²) in [4.78, 5) is 28.3. The van der Waals surface area contributed by atoms with E-state index in [-0.39, 0.29) is 29.0 Å². The molecule has 2 amide bonds. The molecule has 0 spiro atoms. The number of rotatable bonds is 12. The van der Waals surface area contributed by atoms with E-state index in [4.69, 9.17) is 11.6 Å². The molecule has 0 aromatic heterocycles. The van der Waals surface area contributed by atoms with Gasteiger partial charge in [0.25, 0.3) is 10.0 Å². The number of carbonyl (C=O) groups is 2. The van der Waals surface area contributed by atoms with Crippen LogP contribution in [-0.2, 0) is 26.2 Å². The second kappa shape index (κ2) is 13.6. The van der Waals surface area contributed by atoms with E-state index in [0.717, 1.165) is 34.1 Å². The van der Waals surface area contributed by atoms with Crippen molar-refractivity contribution in [3.63, 3.8) is 0 Å². The summed E-state index contributed by atoms with van der Waals surface area (Å²) in [7, 11) is -4.25. The summed E-state index contributed by atoms with van der Waals surface area (Å²) in [6.07, 6.45) is 0.319. The van der Waals surface area contributed by atoms with Crippen LogP contribution < -0.4 is 9.62 Å². The summed E-state index contributed by atoms with van der Waals surface area (Å²) in [6, 6.07) is 18.7. The van der Waals surface area contributed by atoms with Crippen LogP contribution >= 0.6 is 11.6 Å². The number of nitrogens with zero attached hydrogens (tertiary/aromatic N) is 2. The van der Waals surface area contributed by atoms with Crippen LogP contribution in [0.3, 0.4) is 0 Å². The standard InChI is InChI=1S/C29H33ClFN3O4S/c1-4-27(29(36)32-18-21(2)3)33(19-22-10-12-23(30)13-11-22)28(35)20-34(25-8-6-5-7-9-25)39(37,38)26-16-14-24(31)15-17-26/h5-17,21,27H,4,18-20H2,1-3H3,(H,32,36)/t27-/m1/s1. The summed E-state index contributed by atoms with van der Waals surface area (Å²) >= 11 is 6.04. The normalized spacial score (nSPS) is 12.2. The van der Waals surface area contributed by atoms with Crippen molar-refractivity contribution < 1.29 is 22.4 Å². The lowest BCUT2D eigenvalue weighted by atomic mass is 10.1. The van der Waals surface area contributed by atoms with Gasteiger partial charge in [0.2, 0.25) is 11.8 Å². The first-order valence-corrected chi connectivity index (χ1v) is 14.5. The van der Waals surface area contributed by atoms with Crippen LogP contribution in [0.2, 0.25) is 5.02 Å². The maximum Gasteiger partial charge on any atom is 0.264 e. The largest absolute Gasteiger partial charge is 0.354 e. The molecule has 10 heteroatoms. The van der Waals surface area contributed by atoms with Gasteiger partial charge in [0.15, 0.2) is 0 Å². The van der Waals surface area contributed by atoms with Gasteiger partial charge in [-0.05, 0) is 66.4 Å². The Kier molecular flexibility index (Phi) is 10.5. The molecule has 0 heterocycles. The van der Waals surface area contributed by atoms with E-state index in [0.29, 0.717) is 18.0 Å². The van der Waals surface area contributed by atoms with E-state index < -0.39 is 34.3 Å². The first-order chi connectivity index (χ1) is 18.5. The lowest BCUT2D eigenvalue weighted by Crippen LogP contribution is -2.52. The third kappa shape index (κ3) is 8.03. The zero-order chi connectivity index (χ0) is 28.6. The van der Waals surface area contributed by atoms with Gasteiger partial charge in [0.05, 0.1) is 10.6 Å². The minimum atomic E-state index is -4.25. The van der Waals surface area contributed by atoms with Crippen molar-refractivity contribution in [2.45, 2.75) is 44.7 Å². The Morgan fingerprint density at radius 3 is 2.13 bits per heavy atom. The number of anilines is 1. The SMILES string of the molecule is CC[C@H](C(=O)NCC(C)C)N(Cc1ccc(Cl)cc1)C(=O)CN(c1ccccc1)S(=O)(=O)c1ccc(F)cc1. The molecular weight excluding hydrogens is 541 g/mol. The summed E-state index contributed by atoms with van der Waals surface area (Å²) in [5.74, 6) is -1.25. The Morgan fingerprint density at radius 1 is 0.949 bits per heavy atom. The van der Waals surface area contributed by atoms with Crippen LogP contribution in [0.1, 0.15) is 32.8 Å². The quantitative estimate of drug-likeness (QED) is 0.320. The number of para-hydroxylation sites is 1. The van der Waals surface area contributed by atoms with E-state index in [2.05, 4.69) is 5.32 Å². The highest BCUT2D eigenvalue weighted by Gasteiger charge is 2.33. The third-order valence-corrected chi connectivity index (χ3v) is 8.10. The molecule has 1 N–H and O–H groups in total. The fourth-order valence-electron chi connectivity index (χ4n) is 3.99. The van der Waals surface area contributed by atoms with E-state index in [1.165, 1.54) is 4.90 Å². The Labute approximate surface area is 234 Å². The first kappa shape index (κ1) is 30.1. The molecule has 3 aromatic carbocycles. The molecule has 3 aromatic rings. The number of amides is 2. The molecule has 208 valence electrons. The molecule has 0 saturated heterocycles. The van der Waals surface area contributed by atoms with Crippen molar-refractivity contribution in [2.24, 2.45) is 5.92 Å². The number of nitrogens with one attached hydrogen (secondary N) is 1. The number of hydrogen-bond donors (Lipinski definition) is 1. The monoisotopic (exact) mass is 573 g/mol. The van der Waals surface area contributed by atoms with Crippen LogP contribution in [0, 0.1) is 11.7 Å². The molecule has 0 unspecified atom stereocenters. The highest BCUT2D eigenvalue weighted by molar-refractivity contribution is 7.92. The lowest BCUT2D eigenvalue weighted by Gasteiger charge is -2.33. The fraction of sp³-hybridized carbons (Fsp3) is 0.310. The number of benzene rings is 3. The predicted molar refractivity (Wildman–Crippen MR) is 151 cm³/mol. The van der Waals surface area contributed by atoms with Crippen molar-refractivity contribution in [3.8, 4) is 0 Å². The van der Waals surface area contributed by atoms with Gasteiger partial charge in [-0.2, -0.15) is 0 Å². The number of carbonyl (C=O) groups excluding carboxylic acids is 2. The molecule has 0 aliphatic carbocycles. The van der Waals surface area contributed by atoms with E-state index in [9.17, 15) is 22.4 Å². The zero-order valence-electron chi connectivity index (χ0n) is 22.2. The van der Waals surface area contributed by atoms with E-state index >= 15 is 0 Å². The van der Waals surface area contributed by atoms with Crippen LogP contribution in [0.4, 0.5) is 10.1 Å². The highest BCUT2D eigenvalue weighted by Crippen LogP contribution is 2.25. The number of halogens is 2. The predicted octanol–water partition coefficient (Wildman–Crippen LogP) is 5.25.